The maximum atomic E-state index is 12.8. The zero-order valence-corrected chi connectivity index (χ0v) is 18.9. The number of anilines is 1. The van der Waals surface area contributed by atoms with Gasteiger partial charge >= 0.3 is 0 Å². The van der Waals surface area contributed by atoms with Gasteiger partial charge in [0.15, 0.2) is 0 Å². The van der Waals surface area contributed by atoms with Crippen LogP contribution in [0.5, 0.6) is 0 Å². The monoisotopic (exact) mass is 426 g/mol. The highest BCUT2D eigenvalue weighted by molar-refractivity contribution is 5.93. The van der Waals surface area contributed by atoms with Gasteiger partial charge in [-0.15, -0.1) is 0 Å². The van der Waals surface area contributed by atoms with Crippen LogP contribution in [-0.4, -0.2) is 49.8 Å². The van der Waals surface area contributed by atoms with E-state index in [1.807, 2.05) is 36.4 Å². The Morgan fingerprint density at radius 2 is 1.94 bits per heavy atom. The molecule has 8 nitrogen and oxygen atoms in total. The van der Waals surface area contributed by atoms with E-state index >= 15 is 0 Å². The minimum absolute atomic E-state index is 0.0255. The molecule has 2 aromatic heterocycles. The van der Waals surface area contributed by atoms with E-state index in [2.05, 4.69) is 20.6 Å². The molecule has 2 aliphatic rings. The van der Waals surface area contributed by atoms with Crippen molar-refractivity contribution in [3.05, 3.63) is 29.2 Å². The summed E-state index contributed by atoms with van der Waals surface area (Å²) in [5.74, 6) is 0.906. The number of hydrogen-bond donors (Lipinski definition) is 2. The standard InChI is InChI=1S/C23H34N6O2/c1-23(2,3)22(31)25-20-10-13-24-29(20)16-11-14-28(15-12-16)21(30)9-8-19-17-6-4-5-7-18(17)26-27-19/h10,13,16H,4-9,11-12,14-15H2,1-3H3,(H,25,31)(H,26,27). The number of aromatic nitrogens is 4. The van der Waals surface area contributed by atoms with Crippen LogP contribution in [0.15, 0.2) is 12.3 Å². The Hall–Kier alpha value is -2.64. The molecule has 1 aliphatic carbocycles. The van der Waals surface area contributed by atoms with Crippen molar-refractivity contribution in [1.82, 2.24) is 24.9 Å². The topological polar surface area (TPSA) is 95.9 Å². The summed E-state index contributed by atoms with van der Waals surface area (Å²) in [7, 11) is 0. The molecule has 1 saturated heterocycles. The second-order valence-corrected chi connectivity index (χ2v) is 9.81. The van der Waals surface area contributed by atoms with Crippen LogP contribution in [0.3, 0.4) is 0 Å². The maximum absolute atomic E-state index is 12.8. The number of likely N-dealkylation sites (tertiary alicyclic amines) is 1. The van der Waals surface area contributed by atoms with E-state index in [0.717, 1.165) is 37.2 Å². The molecule has 8 heteroatoms. The van der Waals surface area contributed by atoms with Gasteiger partial charge in [-0.1, -0.05) is 20.8 Å². The van der Waals surface area contributed by atoms with Crippen molar-refractivity contribution in [1.29, 1.82) is 0 Å². The fourth-order valence-corrected chi connectivity index (χ4v) is 4.51. The lowest BCUT2D eigenvalue weighted by Crippen LogP contribution is -2.39. The summed E-state index contributed by atoms with van der Waals surface area (Å²) in [6.07, 6.45) is 9.22. The van der Waals surface area contributed by atoms with Gasteiger partial charge in [0.1, 0.15) is 5.82 Å². The van der Waals surface area contributed by atoms with Gasteiger partial charge in [0, 0.05) is 43.1 Å². The predicted octanol–water partition coefficient (Wildman–Crippen LogP) is 3.27. The quantitative estimate of drug-likeness (QED) is 0.767. The number of piperidine rings is 1. The highest BCUT2D eigenvalue weighted by Crippen LogP contribution is 2.27. The van der Waals surface area contributed by atoms with Crippen LogP contribution in [0.4, 0.5) is 5.82 Å². The van der Waals surface area contributed by atoms with Crippen molar-refractivity contribution in [3.8, 4) is 0 Å². The van der Waals surface area contributed by atoms with Gasteiger partial charge in [-0.05, 0) is 44.1 Å². The average molecular weight is 427 g/mol. The Morgan fingerprint density at radius 1 is 1.19 bits per heavy atom. The zero-order chi connectivity index (χ0) is 22.0. The summed E-state index contributed by atoms with van der Waals surface area (Å²) in [6, 6.07) is 2.03. The number of amides is 2. The molecule has 0 spiro atoms. The van der Waals surface area contributed by atoms with E-state index in [9.17, 15) is 9.59 Å². The number of H-pyrrole nitrogens is 1. The van der Waals surface area contributed by atoms with E-state index in [4.69, 9.17) is 0 Å². The van der Waals surface area contributed by atoms with E-state index in [0.29, 0.717) is 25.9 Å². The smallest absolute Gasteiger partial charge is 0.230 e. The third-order valence-corrected chi connectivity index (χ3v) is 6.47. The van der Waals surface area contributed by atoms with E-state index in [1.54, 1.807) is 6.20 Å². The fourth-order valence-electron chi connectivity index (χ4n) is 4.51. The number of rotatable bonds is 5. The largest absolute Gasteiger partial charge is 0.343 e. The van der Waals surface area contributed by atoms with Gasteiger partial charge in [0.25, 0.3) is 0 Å². The van der Waals surface area contributed by atoms with E-state index in [-0.39, 0.29) is 17.9 Å². The Bertz CT molecular complexity index is 930. The first-order chi connectivity index (χ1) is 14.8. The van der Waals surface area contributed by atoms with Crippen molar-refractivity contribution in [2.45, 2.75) is 78.2 Å². The third-order valence-electron chi connectivity index (χ3n) is 6.47. The molecule has 3 heterocycles. The third kappa shape index (κ3) is 4.83. The van der Waals surface area contributed by atoms with Gasteiger partial charge in [-0.3, -0.25) is 14.7 Å². The first-order valence-corrected chi connectivity index (χ1v) is 11.5. The molecular formula is C23H34N6O2. The summed E-state index contributed by atoms with van der Waals surface area (Å²) in [5.41, 5.74) is 3.23. The second-order valence-electron chi connectivity index (χ2n) is 9.81. The van der Waals surface area contributed by atoms with Gasteiger partial charge in [0.05, 0.1) is 17.9 Å². The number of nitrogens with one attached hydrogen (secondary N) is 2. The summed E-state index contributed by atoms with van der Waals surface area (Å²) < 4.78 is 1.90. The second kappa shape index (κ2) is 8.85. The molecule has 0 aromatic carbocycles. The Morgan fingerprint density at radius 3 is 2.68 bits per heavy atom. The SMILES string of the molecule is CC(C)(C)C(=O)Nc1ccnn1C1CCN(C(=O)CCc2n[nH]c3c2CCCC3)CC1. The molecule has 0 radical (unpaired) electrons. The van der Waals surface area contributed by atoms with Crippen LogP contribution in [0.2, 0.25) is 0 Å². The number of aryl methyl sites for hydroxylation is 2. The van der Waals surface area contributed by atoms with Gasteiger partial charge < -0.3 is 10.2 Å². The van der Waals surface area contributed by atoms with Gasteiger partial charge in [-0.25, -0.2) is 4.68 Å². The van der Waals surface area contributed by atoms with Crippen molar-refractivity contribution in [3.63, 3.8) is 0 Å². The van der Waals surface area contributed by atoms with Crippen molar-refractivity contribution >= 4 is 17.6 Å². The first kappa shape index (κ1) is 21.6. The lowest BCUT2D eigenvalue weighted by Gasteiger charge is -2.33. The normalized spacial score (nSPS) is 17.5. The molecule has 1 aliphatic heterocycles. The number of hydrogen-bond acceptors (Lipinski definition) is 4. The molecule has 2 N–H and O–H groups in total. The van der Waals surface area contributed by atoms with Crippen molar-refractivity contribution in [2.24, 2.45) is 5.41 Å². The van der Waals surface area contributed by atoms with Crippen LogP contribution in [-0.2, 0) is 28.9 Å². The molecule has 2 aromatic rings. The molecule has 0 atom stereocenters. The molecule has 168 valence electrons. The van der Waals surface area contributed by atoms with Crippen LogP contribution < -0.4 is 5.32 Å². The van der Waals surface area contributed by atoms with Gasteiger partial charge in [0.2, 0.25) is 11.8 Å². The van der Waals surface area contributed by atoms with E-state index in [1.165, 1.54) is 24.1 Å². The lowest BCUT2D eigenvalue weighted by atomic mass is 9.94. The molecule has 0 bridgehead atoms. The number of fused-ring (bicyclic) bond motifs is 1. The van der Waals surface area contributed by atoms with Crippen LogP contribution >= 0.6 is 0 Å². The van der Waals surface area contributed by atoms with Gasteiger partial charge in [-0.2, -0.15) is 10.2 Å². The minimum atomic E-state index is -0.460. The highest BCUT2D eigenvalue weighted by atomic mass is 16.2. The summed E-state index contributed by atoms with van der Waals surface area (Å²) >= 11 is 0. The Labute approximate surface area is 183 Å². The summed E-state index contributed by atoms with van der Waals surface area (Å²) in [6.45, 7) is 7.12. The van der Waals surface area contributed by atoms with Crippen molar-refractivity contribution < 1.29 is 9.59 Å². The fraction of sp³-hybridized carbons (Fsp3) is 0.652. The molecule has 1 fully saturated rings. The molecule has 0 unspecified atom stereocenters. The first-order valence-electron chi connectivity index (χ1n) is 11.5. The number of nitrogens with zero attached hydrogens (tertiary/aromatic N) is 4. The van der Waals surface area contributed by atoms with E-state index < -0.39 is 5.41 Å². The molecule has 31 heavy (non-hydrogen) atoms. The minimum Gasteiger partial charge on any atom is -0.343 e. The molecule has 4 rings (SSSR count). The number of carbonyl (C=O) groups excluding carboxylic acids is 2. The summed E-state index contributed by atoms with van der Waals surface area (Å²) in [4.78, 5) is 27.1. The van der Waals surface area contributed by atoms with Crippen LogP contribution in [0, 0.1) is 5.41 Å². The van der Waals surface area contributed by atoms with Crippen molar-refractivity contribution in [2.75, 3.05) is 18.4 Å². The Kier molecular flexibility index (Phi) is 6.16. The number of aromatic amines is 1. The lowest BCUT2D eigenvalue weighted by molar-refractivity contribution is -0.132. The van der Waals surface area contributed by atoms with Crippen LogP contribution in [0.25, 0.3) is 0 Å². The maximum Gasteiger partial charge on any atom is 0.230 e. The average Bonchev–Trinajstić information content (AvgIpc) is 3.38. The van der Waals surface area contributed by atoms with Crippen LogP contribution in [0.1, 0.15) is 75.9 Å². The molecule has 0 saturated carbocycles. The number of carbonyl (C=O) groups is 2. The summed E-state index contributed by atoms with van der Waals surface area (Å²) in [5, 5.41) is 15.1. The Balaban J connectivity index is 1.29. The molecule has 2 amide bonds. The highest BCUT2D eigenvalue weighted by Gasteiger charge is 2.28. The predicted molar refractivity (Wildman–Crippen MR) is 119 cm³/mol. The molecular weight excluding hydrogens is 392 g/mol. The zero-order valence-electron chi connectivity index (χ0n) is 18.9.